The van der Waals surface area contributed by atoms with Crippen LogP contribution in [0.4, 0.5) is 5.69 Å². The molecule has 0 bridgehead atoms. The summed E-state index contributed by atoms with van der Waals surface area (Å²) in [5.74, 6) is -0.0362. The van der Waals surface area contributed by atoms with Crippen LogP contribution < -0.4 is 5.32 Å². The highest BCUT2D eigenvalue weighted by Crippen LogP contribution is 2.52. The van der Waals surface area contributed by atoms with Gasteiger partial charge >= 0.3 is 5.97 Å². The number of halogens is 1. The van der Waals surface area contributed by atoms with Crippen LogP contribution in [0.15, 0.2) is 48.6 Å². The normalized spacial score (nSPS) is 23.5. The van der Waals surface area contributed by atoms with Crippen LogP contribution in [0.2, 0.25) is 5.02 Å². The van der Waals surface area contributed by atoms with Gasteiger partial charge in [0, 0.05) is 5.92 Å². The Kier molecular flexibility index (Phi) is 4.28. The second kappa shape index (κ2) is 6.48. The summed E-state index contributed by atoms with van der Waals surface area (Å²) < 4.78 is 0. The highest BCUT2D eigenvalue weighted by atomic mass is 35.5. The molecule has 1 aliphatic carbocycles. The third-order valence-corrected chi connectivity index (χ3v) is 5.98. The number of allylic oxidation sites excluding steroid dienone is 2. The van der Waals surface area contributed by atoms with E-state index in [9.17, 15) is 9.90 Å². The van der Waals surface area contributed by atoms with Crippen molar-refractivity contribution in [3.8, 4) is 0 Å². The fourth-order valence-corrected chi connectivity index (χ4v) is 4.50. The van der Waals surface area contributed by atoms with Crippen molar-refractivity contribution in [1.29, 1.82) is 0 Å². The van der Waals surface area contributed by atoms with Crippen molar-refractivity contribution in [2.45, 2.75) is 38.1 Å². The summed E-state index contributed by atoms with van der Waals surface area (Å²) in [6.07, 6.45) is 5.23. The number of rotatable bonds is 3. The molecule has 0 saturated heterocycles. The molecule has 2 N–H and O–H groups in total. The SMILES string of the molecule is CC(C)c1ccc([C@H]2Nc3c(Cl)ccc(C(=O)O)c3[C@H]3C=CC[C@@H]32)cc1. The maximum absolute atomic E-state index is 11.7. The number of nitrogens with one attached hydrogen (secondary N) is 1. The fourth-order valence-electron chi connectivity index (χ4n) is 4.28. The van der Waals surface area contributed by atoms with Crippen LogP contribution >= 0.6 is 11.6 Å². The summed E-state index contributed by atoms with van der Waals surface area (Å²) in [4.78, 5) is 11.7. The lowest BCUT2D eigenvalue weighted by Gasteiger charge is -2.38. The summed E-state index contributed by atoms with van der Waals surface area (Å²) in [6, 6.07) is 12.1. The van der Waals surface area contributed by atoms with Gasteiger partial charge in [0.05, 0.1) is 22.3 Å². The number of carboxylic acids is 1. The molecule has 26 heavy (non-hydrogen) atoms. The number of anilines is 1. The summed E-state index contributed by atoms with van der Waals surface area (Å²) in [7, 11) is 0. The third kappa shape index (κ3) is 2.71. The van der Waals surface area contributed by atoms with E-state index < -0.39 is 5.97 Å². The van der Waals surface area contributed by atoms with Gasteiger partial charge in [0.25, 0.3) is 0 Å². The van der Waals surface area contributed by atoms with Crippen molar-refractivity contribution in [2.24, 2.45) is 5.92 Å². The van der Waals surface area contributed by atoms with Crippen LogP contribution in [0.1, 0.15) is 65.2 Å². The van der Waals surface area contributed by atoms with E-state index in [1.54, 1.807) is 12.1 Å². The molecule has 0 aromatic heterocycles. The van der Waals surface area contributed by atoms with E-state index in [4.69, 9.17) is 11.6 Å². The van der Waals surface area contributed by atoms with Crippen molar-refractivity contribution >= 4 is 23.3 Å². The molecule has 0 radical (unpaired) electrons. The molecule has 134 valence electrons. The predicted octanol–water partition coefficient (Wildman–Crippen LogP) is 5.99. The zero-order valence-electron chi connectivity index (χ0n) is 14.9. The van der Waals surface area contributed by atoms with E-state index in [0.29, 0.717) is 22.4 Å². The van der Waals surface area contributed by atoms with E-state index in [1.165, 1.54) is 11.1 Å². The van der Waals surface area contributed by atoms with Crippen molar-refractivity contribution in [2.75, 3.05) is 5.32 Å². The Morgan fingerprint density at radius 1 is 1.19 bits per heavy atom. The molecular formula is C22H22ClNO2. The topological polar surface area (TPSA) is 49.3 Å². The van der Waals surface area contributed by atoms with E-state index in [1.807, 2.05) is 0 Å². The molecule has 2 aliphatic rings. The van der Waals surface area contributed by atoms with Crippen LogP contribution in [0.25, 0.3) is 0 Å². The second-order valence-corrected chi connectivity index (χ2v) is 7.89. The first-order chi connectivity index (χ1) is 12.5. The van der Waals surface area contributed by atoms with E-state index in [-0.39, 0.29) is 12.0 Å². The minimum Gasteiger partial charge on any atom is -0.478 e. The maximum atomic E-state index is 11.7. The Morgan fingerprint density at radius 3 is 2.58 bits per heavy atom. The molecule has 0 unspecified atom stereocenters. The summed E-state index contributed by atoms with van der Waals surface area (Å²) in [5.41, 5.74) is 4.45. The third-order valence-electron chi connectivity index (χ3n) is 5.66. The Bertz CT molecular complexity index is 886. The lowest BCUT2D eigenvalue weighted by molar-refractivity contribution is 0.0695. The first-order valence-corrected chi connectivity index (χ1v) is 9.44. The van der Waals surface area contributed by atoms with Gasteiger partial charge in [-0.25, -0.2) is 4.79 Å². The largest absolute Gasteiger partial charge is 0.478 e. The Labute approximate surface area is 158 Å². The molecule has 4 rings (SSSR count). The molecule has 0 fully saturated rings. The number of carboxylic acid groups (broad SMARTS) is 1. The zero-order chi connectivity index (χ0) is 18.4. The van der Waals surface area contributed by atoms with Gasteiger partial charge < -0.3 is 10.4 Å². The minimum absolute atomic E-state index is 0.0748. The highest BCUT2D eigenvalue weighted by molar-refractivity contribution is 6.33. The highest BCUT2D eigenvalue weighted by Gasteiger charge is 2.40. The van der Waals surface area contributed by atoms with Gasteiger partial charge in [0.1, 0.15) is 0 Å². The van der Waals surface area contributed by atoms with Crippen molar-refractivity contribution in [3.63, 3.8) is 0 Å². The average Bonchev–Trinajstić information content (AvgIpc) is 3.11. The van der Waals surface area contributed by atoms with Crippen LogP contribution in [0.3, 0.4) is 0 Å². The Balaban J connectivity index is 1.80. The van der Waals surface area contributed by atoms with Crippen molar-refractivity contribution in [1.82, 2.24) is 0 Å². The average molecular weight is 368 g/mol. The molecule has 3 nitrogen and oxygen atoms in total. The van der Waals surface area contributed by atoms with Gasteiger partial charge in [-0.2, -0.15) is 0 Å². The smallest absolute Gasteiger partial charge is 0.336 e. The number of hydrogen-bond acceptors (Lipinski definition) is 2. The summed E-state index contributed by atoms with van der Waals surface area (Å²) in [6.45, 7) is 4.38. The quantitative estimate of drug-likeness (QED) is 0.655. The van der Waals surface area contributed by atoms with Gasteiger partial charge in [-0.1, -0.05) is 61.9 Å². The van der Waals surface area contributed by atoms with Crippen molar-refractivity contribution in [3.05, 3.63) is 75.8 Å². The van der Waals surface area contributed by atoms with Crippen LogP contribution in [0, 0.1) is 5.92 Å². The first kappa shape index (κ1) is 17.2. The molecule has 0 spiro atoms. The standard InChI is InChI=1S/C22H22ClNO2/c1-12(2)13-6-8-14(9-7-13)20-16-5-3-4-15(16)19-17(22(25)26)10-11-18(23)21(19)24-20/h3-4,6-12,15-16,20,24H,5H2,1-2H3,(H,25,26)/t15-,16-,20+/m0/s1. The lowest BCUT2D eigenvalue weighted by atomic mass is 9.75. The minimum atomic E-state index is -0.904. The molecule has 2 aromatic carbocycles. The molecular weight excluding hydrogens is 346 g/mol. The van der Waals surface area contributed by atoms with Crippen LogP contribution in [0.5, 0.6) is 0 Å². The maximum Gasteiger partial charge on any atom is 0.336 e. The van der Waals surface area contributed by atoms with Crippen molar-refractivity contribution < 1.29 is 9.90 Å². The van der Waals surface area contributed by atoms with Crippen LogP contribution in [-0.2, 0) is 0 Å². The van der Waals surface area contributed by atoms with E-state index in [0.717, 1.165) is 17.7 Å². The fraction of sp³-hybridized carbons (Fsp3) is 0.318. The van der Waals surface area contributed by atoms with Gasteiger partial charge in [-0.15, -0.1) is 0 Å². The zero-order valence-corrected chi connectivity index (χ0v) is 15.6. The first-order valence-electron chi connectivity index (χ1n) is 9.06. The lowest BCUT2D eigenvalue weighted by Crippen LogP contribution is -2.30. The Morgan fingerprint density at radius 2 is 1.92 bits per heavy atom. The summed E-state index contributed by atoms with van der Waals surface area (Å²) in [5, 5.41) is 13.8. The summed E-state index contributed by atoms with van der Waals surface area (Å²) >= 11 is 6.45. The number of carbonyl (C=O) groups is 1. The molecule has 1 heterocycles. The Hall–Kier alpha value is -2.26. The van der Waals surface area contributed by atoms with Gasteiger partial charge in [0.15, 0.2) is 0 Å². The molecule has 2 aromatic rings. The van der Waals surface area contributed by atoms with E-state index in [2.05, 4.69) is 55.6 Å². The number of fused-ring (bicyclic) bond motifs is 3. The van der Waals surface area contributed by atoms with Gasteiger partial charge in [-0.3, -0.25) is 0 Å². The van der Waals surface area contributed by atoms with Gasteiger partial charge in [-0.05, 0) is 47.1 Å². The molecule has 4 heteroatoms. The van der Waals surface area contributed by atoms with Crippen LogP contribution in [-0.4, -0.2) is 11.1 Å². The number of aromatic carboxylic acids is 1. The van der Waals surface area contributed by atoms with Gasteiger partial charge in [0.2, 0.25) is 0 Å². The van der Waals surface area contributed by atoms with E-state index >= 15 is 0 Å². The molecule has 1 aliphatic heterocycles. The number of hydrogen-bond donors (Lipinski definition) is 2. The molecule has 0 saturated carbocycles. The monoisotopic (exact) mass is 367 g/mol. The molecule has 3 atom stereocenters. The second-order valence-electron chi connectivity index (χ2n) is 7.49. The number of benzene rings is 2. The molecule has 0 amide bonds. The predicted molar refractivity (Wildman–Crippen MR) is 105 cm³/mol.